The maximum absolute atomic E-state index is 3.14. The monoisotopic (exact) mass is 352 g/mol. The molecule has 0 fully saturated rings. The van der Waals surface area contributed by atoms with E-state index in [-0.39, 0.29) is 5.16 Å². The molecule has 0 saturated carbocycles. The van der Waals surface area contributed by atoms with Gasteiger partial charge in [-0.2, -0.15) is 0 Å². The summed E-state index contributed by atoms with van der Waals surface area (Å²) in [5.74, 6) is 0. The maximum Gasteiger partial charge on any atom is 0.0597 e. The summed E-state index contributed by atoms with van der Waals surface area (Å²) in [4.78, 5) is 0. The third kappa shape index (κ3) is 2.98. The Balaban J connectivity index is 2.01. The summed E-state index contributed by atoms with van der Waals surface area (Å²) < 4.78 is 0. The van der Waals surface area contributed by atoms with E-state index >= 15 is 0 Å². The first-order valence-electron chi connectivity index (χ1n) is 8.85. The van der Waals surface area contributed by atoms with Crippen molar-refractivity contribution in [3.8, 4) is 11.1 Å². The lowest BCUT2D eigenvalue weighted by Gasteiger charge is -2.33. The summed E-state index contributed by atoms with van der Waals surface area (Å²) >= 11 is 0. The Kier molecular flexibility index (Phi) is 4.69. The summed E-state index contributed by atoms with van der Waals surface area (Å²) in [5, 5.41) is -0.311. The third-order valence-electron chi connectivity index (χ3n) is 4.89. The highest BCUT2D eigenvalue weighted by Gasteiger charge is 2.33. The summed E-state index contributed by atoms with van der Waals surface area (Å²) in [7, 11) is 3.14. The summed E-state index contributed by atoms with van der Waals surface area (Å²) in [6.07, 6.45) is 0. The van der Waals surface area contributed by atoms with Gasteiger partial charge in [0, 0.05) is 0 Å². The Morgan fingerprint density at radius 3 is 1.42 bits per heavy atom. The molecule has 0 amide bonds. The fourth-order valence-corrected chi connectivity index (χ4v) is 4.21. The van der Waals surface area contributed by atoms with Crippen molar-refractivity contribution in [1.82, 2.24) is 0 Å². The SMILES string of the molecule is PC(c1ccccc1)(c1ccccc1)c1ccccc1-c1ccccc1. The molecule has 4 aromatic rings. The molecule has 0 heterocycles. The average molecular weight is 352 g/mol. The minimum absolute atomic E-state index is 0.311. The van der Waals surface area contributed by atoms with Crippen molar-refractivity contribution >= 4 is 9.24 Å². The van der Waals surface area contributed by atoms with Crippen LogP contribution in [0.2, 0.25) is 0 Å². The van der Waals surface area contributed by atoms with Gasteiger partial charge >= 0.3 is 0 Å². The zero-order valence-electron chi connectivity index (χ0n) is 14.5. The summed E-state index contributed by atoms with van der Waals surface area (Å²) in [5.41, 5.74) is 6.31. The zero-order chi connectivity index (χ0) is 17.8. The molecule has 0 spiro atoms. The molecule has 1 heteroatoms. The highest BCUT2D eigenvalue weighted by Crippen LogP contribution is 2.48. The standard InChI is InChI=1S/C25H21P/c26-25(21-14-6-2-7-15-21,22-16-8-3-9-17-22)24-19-11-10-18-23(24)20-12-4-1-5-13-20/h1-19H,26H2. The van der Waals surface area contributed by atoms with Crippen LogP contribution in [0, 0.1) is 0 Å². The van der Waals surface area contributed by atoms with Gasteiger partial charge in [0.05, 0.1) is 5.16 Å². The van der Waals surface area contributed by atoms with E-state index < -0.39 is 0 Å². The molecule has 126 valence electrons. The van der Waals surface area contributed by atoms with Gasteiger partial charge in [0.2, 0.25) is 0 Å². The average Bonchev–Trinajstić information content (AvgIpc) is 2.75. The van der Waals surface area contributed by atoms with Gasteiger partial charge in [-0.25, -0.2) is 0 Å². The quantitative estimate of drug-likeness (QED) is 0.290. The Morgan fingerprint density at radius 1 is 0.462 bits per heavy atom. The highest BCUT2D eigenvalue weighted by molar-refractivity contribution is 7.19. The lowest BCUT2D eigenvalue weighted by molar-refractivity contribution is 0.899. The Hall–Kier alpha value is -2.69. The van der Waals surface area contributed by atoms with E-state index in [0.29, 0.717) is 0 Å². The molecule has 26 heavy (non-hydrogen) atoms. The predicted octanol–water partition coefficient (Wildman–Crippen LogP) is 6.52. The Labute approximate surface area is 157 Å². The van der Waals surface area contributed by atoms with E-state index in [1.54, 1.807) is 0 Å². The molecule has 0 aliphatic carbocycles. The van der Waals surface area contributed by atoms with Gasteiger partial charge in [0.1, 0.15) is 0 Å². The molecule has 0 nitrogen and oxygen atoms in total. The van der Waals surface area contributed by atoms with Crippen molar-refractivity contribution in [2.24, 2.45) is 0 Å². The lowest BCUT2D eigenvalue weighted by Crippen LogP contribution is -2.22. The summed E-state index contributed by atoms with van der Waals surface area (Å²) in [6, 6.07) is 40.8. The van der Waals surface area contributed by atoms with Gasteiger partial charge in [-0.05, 0) is 27.8 Å². The van der Waals surface area contributed by atoms with Crippen LogP contribution >= 0.6 is 9.24 Å². The molecule has 0 aliphatic rings. The molecule has 0 saturated heterocycles. The molecule has 1 unspecified atom stereocenters. The molecule has 0 radical (unpaired) electrons. The van der Waals surface area contributed by atoms with E-state index in [2.05, 4.69) is 125 Å². The van der Waals surface area contributed by atoms with Crippen LogP contribution in [0.5, 0.6) is 0 Å². The topological polar surface area (TPSA) is 0 Å². The highest BCUT2D eigenvalue weighted by atomic mass is 31.0. The first kappa shape index (κ1) is 16.8. The van der Waals surface area contributed by atoms with Crippen LogP contribution in [0.25, 0.3) is 11.1 Å². The second kappa shape index (κ2) is 7.28. The van der Waals surface area contributed by atoms with Crippen molar-refractivity contribution in [2.45, 2.75) is 5.16 Å². The molecule has 4 aromatic carbocycles. The van der Waals surface area contributed by atoms with E-state index in [4.69, 9.17) is 0 Å². The van der Waals surface area contributed by atoms with Crippen LogP contribution in [-0.2, 0) is 5.16 Å². The number of hydrogen-bond acceptors (Lipinski definition) is 0. The first-order valence-corrected chi connectivity index (χ1v) is 9.43. The smallest absolute Gasteiger partial charge is 0.0597 e. The van der Waals surface area contributed by atoms with E-state index in [1.807, 2.05) is 0 Å². The Morgan fingerprint density at radius 2 is 0.885 bits per heavy atom. The molecule has 1 atom stereocenters. The van der Waals surface area contributed by atoms with E-state index in [1.165, 1.54) is 27.8 Å². The number of hydrogen-bond donors (Lipinski definition) is 0. The summed E-state index contributed by atoms with van der Waals surface area (Å²) in [6.45, 7) is 0. The lowest BCUT2D eigenvalue weighted by atomic mass is 9.80. The van der Waals surface area contributed by atoms with Gasteiger partial charge in [-0.15, -0.1) is 9.24 Å². The van der Waals surface area contributed by atoms with Crippen molar-refractivity contribution in [3.63, 3.8) is 0 Å². The largest absolute Gasteiger partial charge is 0.117 e. The normalized spacial score (nSPS) is 11.3. The van der Waals surface area contributed by atoms with Crippen LogP contribution in [0.15, 0.2) is 115 Å². The van der Waals surface area contributed by atoms with Crippen LogP contribution in [0.3, 0.4) is 0 Å². The third-order valence-corrected chi connectivity index (χ3v) is 5.87. The molecule has 4 rings (SSSR count). The second-order valence-electron chi connectivity index (χ2n) is 6.45. The van der Waals surface area contributed by atoms with Gasteiger partial charge in [-0.3, -0.25) is 0 Å². The molecular formula is C25H21P. The molecule has 0 bridgehead atoms. The van der Waals surface area contributed by atoms with Crippen LogP contribution < -0.4 is 0 Å². The van der Waals surface area contributed by atoms with Crippen LogP contribution in [0.4, 0.5) is 0 Å². The van der Waals surface area contributed by atoms with Gasteiger partial charge < -0.3 is 0 Å². The van der Waals surface area contributed by atoms with E-state index in [0.717, 1.165) is 0 Å². The van der Waals surface area contributed by atoms with Gasteiger partial charge in [-0.1, -0.05) is 115 Å². The first-order chi connectivity index (χ1) is 12.8. The van der Waals surface area contributed by atoms with Crippen molar-refractivity contribution in [3.05, 3.63) is 132 Å². The minimum atomic E-state index is -0.311. The second-order valence-corrected chi connectivity index (χ2v) is 7.32. The molecule has 0 aliphatic heterocycles. The Bertz CT molecular complexity index is 937. The van der Waals surface area contributed by atoms with Crippen molar-refractivity contribution in [1.29, 1.82) is 0 Å². The predicted molar refractivity (Wildman–Crippen MR) is 114 cm³/mol. The van der Waals surface area contributed by atoms with Crippen LogP contribution in [0.1, 0.15) is 16.7 Å². The number of rotatable bonds is 4. The molecular weight excluding hydrogens is 331 g/mol. The van der Waals surface area contributed by atoms with Crippen molar-refractivity contribution < 1.29 is 0 Å². The van der Waals surface area contributed by atoms with Gasteiger partial charge in [0.15, 0.2) is 0 Å². The molecule has 0 N–H and O–H groups in total. The fraction of sp³-hybridized carbons (Fsp3) is 0.0400. The maximum atomic E-state index is 3.14. The number of benzene rings is 4. The molecule has 0 aromatic heterocycles. The van der Waals surface area contributed by atoms with E-state index in [9.17, 15) is 0 Å². The zero-order valence-corrected chi connectivity index (χ0v) is 15.7. The minimum Gasteiger partial charge on any atom is -0.117 e. The van der Waals surface area contributed by atoms with Crippen molar-refractivity contribution in [2.75, 3.05) is 0 Å². The fourth-order valence-electron chi connectivity index (χ4n) is 3.58. The van der Waals surface area contributed by atoms with Crippen LogP contribution in [-0.4, -0.2) is 0 Å². The van der Waals surface area contributed by atoms with Gasteiger partial charge in [0.25, 0.3) is 0 Å².